The Kier molecular flexibility index (Phi) is 8.88. The average Bonchev–Trinajstić information content (AvgIpc) is 3.25. The second-order valence-corrected chi connectivity index (χ2v) is 14.7. The van der Waals surface area contributed by atoms with Crippen molar-refractivity contribution in [3.8, 4) is 0 Å². The van der Waals surface area contributed by atoms with Crippen molar-refractivity contribution in [2.45, 2.75) is 113 Å². The van der Waals surface area contributed by atoms with Gasteiger partial charge in [0.25, 0.3) is 0 Å². The van der Waals surface area contributed by atoms with Crippen LogP contribution in [0.25, 0.3) is 10.9 Å². The lowest BCUT2D eigenvalue weighted by Gasteiger charge is -2.59. The number of carbonyl (C=O) groups excluding carboxylic acids is 2. The fourth-order valence-corrected chi connectivity index (χ4v) is 8.01. The zero-order valence-corrected chi connectivity index (χ0v) is 25.7. The molecule has 41 heavy (non-hydrogen) atoms. The molecule has 2 amide bonds. The molecule has 1 saturated heterocycles. The van der Waals surface area contributed by atoms with E-state index in [4.69, 9.17) is 0 Å². The molecule has 1 aromatic heterocycles. The van der Waals surface area contributed by atoms with E-state index < -0.39 is 51.4 Å². The van der Waals surface area contributed by atoms with Gasteiger partial charge in [0.15, 0.2) is 5.00 Å². The number of rotatable bonds is 7. The number of aromatic nitrogens is 1. The van der Waals surface area contributed by atoms with Gasteiger partial charge in [0.1, 0.15) is 0 Å². The van der Waals surface area contributed by atoms with Crippen molar-refractivity contribution >= 4 is 49.3 Å². The highest BCUT2D eigenvalue weighted by Gasteiger charge is 2.41. The largest absolute Gasteiger partial charge is 0.784 e. The van der Waals surface area contributed by atoms with Crippen molar-refractivity contribution in [3.05, 3.63) is 23.4 Å². The molecule has 1 aliphatic carbocycles. The summed E-state index contributed by atoms with van der Waals surface area (Å²) in [6.07, 6.45) is 0.396. The molecule has 13 nitrogen and oxygen atoms in total. The Morgan fingerprint density at radius 3 is 2.17 bits per heavy atom. The number of aliphatic hydroxyl groups is 1. The van der Waals surface area contributed by atoms with Gasteiger partial charge in [-0.05, 0) is 83.1 Å². The van der Waals surface area contributed by atoms with Crippen LogP contribution in [0.15, 0.2) is 33.3 Å². The van der Waals surface area contributed by atoms with Gasteiger partial charge in [-0.1, -0.05) is 0 Å². The summed E-state index contributed by atoms with van der Waals surface area (Å²) in [6.45, 7) is 9.95. The number of carbonyl (C=O) groups is 2. The third-order valence-electron chi connectivity index (χ3n) is 7.62. The predicted molar refractivity (Wildman–Crippen MR) is 155 cm³/mol. The predicted octanol–water partition coefficient (Wildman–Crippen LogP) is 2.71. The lowest BCUT2D eigenvalue weighted by Crippen LogP contribution is -2.61. The van der Waals surface area contributed by atoms with Crippen molar-refractivity contribution in [1.82, 2.24) is 24.8 Å². The van der Waals surface area contributed by atoms with E-state index in [2.05, 4.69) is 30.0 Å². The molecule has 1 aliphatic heterocycles. The van der Waals surface area contributed by atoms with Crippen molar-refractivity contribution in [2.75, 3.05) is 0 Å². The molecule has 2 aromatic rings. The SMILES string of the molecule is CC(=O)NC1CC(N=Nc2snc3ccc(S(=O)(=O)NC4CC(C)(C)N([O-])C(C)(C)C4)cc23)CC(NC(C)=O)C1O. The maximum atomic E-state index is 13.4. The first kappa shape index (κ1) is 31.4. The van der Waals surface area contributed by atoms with E-state index in [1.807, 2.05) is 27.7 Å². The molecule has 15 heteroatoms. The monoisotopic (exact) mass is 608 g/mol. The van der Waals surface area contributed by atoms with E-state index in [-0.39, 0.29) is 16.7 Å². The summed E-state index contributed by atoms with van der Waals surface area (Å²) in [5, 5.41) is 39.5. The number of amides is 2. The molecule has 2 fully saturated rings. The molecule has 4 rings (SSSR count). The number of azo groups is 1. The Morgan fingerprint density at radius 2 is 1.63 bits per heavy atom. The van der Waals surface area contributed by atoms with Crippen LogP contribution in [0.3, 0.4) is 0 Å². The van der Waals surface area contributed by atoms with E-state index >= 15 is 0 Å². The van der Waals surface area contributed by atoms with Crippen LogP contribution >= 0.6 is 11.5 Å². The molecule has 1 saturated carbocycles. The van der Waals surface area contributed by atoms with Gasteiger partial charge in [0.05, 0.1) is 34.6 Å². The van der Waals surface area contributed by atoms with Gasteiger partial charge in [0.2, 0.25) is 21.8 Å². The normalized spacial score (nSPS) is 27.2. The molecule has 2 unspecified atom stereocenters. The fraction of sp³-hybridized carbons (Fsp3) is 0.654. The molecule has 0 bridgehead atoms. The van der Waals surface area contributed by atoms with E-state index in [1.54, 1.807) is 6.07 Å². The van der Waals surface area contributed by atoms with Crippen LogP contribution in [0.1, 0.15) is 67.2 Å². The summed E-state index contributed by atoms with van der Waals surface area (Å²) in [4.78, 5) is 23.4. The van der Waals surface area contributed by atoms with Gasteiger partial charge < -0.3 is 26.0 Å². The highest BCUT2D eigenvalue weighted by molar-refractivity contribution is 7.89. The number of sulfonamides is 1. The van der Waals surface area contributed by atoms with Gasteiger partial charge in [0, 0.05) is 36.4 Å². The molecule has 0 radical (unpaired) electrons. The van der Waals surface area contributed by atoms with Crippen molar-refractivity contribution in [2.24, 2.45) is 10.2 Å². The highest BCUT2D eigenvalue weighted by Crippen LogP contribution is 2.38. The van der Waals surface area contributed by atoms with Gasteiger partial charge in [-0.15, -0.1) is 5.11 Å². The number of nitrogens with one attached hydrogen (secondary N) is 3. The van der Waals surface area contributed by atoms with Gasteiger partial charge in [-0.3, -0.25) is 9.59 Å². The Hall–Kier alpha value is -2.56. The second kappa shape index (κ2) is 11.6. The second-order valence-electron chi connectivity index (χ2n) is 12.3. The number of benzene rings is 1. The fourth-order valence-electron chi connectivity index (χ4n) is 6.06. The molecule has 1 aromatic carbocycles. The number of nitrogens with zero attached hydrogens (tertiary/aromatic N) is 4. The molecular weight excluding hydrogens is 570 g/mol. The molecule has 2 heterocycles. The minimum Gasteiger partial charge on any atom is -0.784 e. The summed E-state index contributed by atoms with van der Waals surface area (Å²) < 4.78 is 34.0. The minimum atomic E-state index is -3.92. The Bertz CT molecular complexity index is 1400. The Morgan fingerprint density at radius 1 is 1.07 bits per heavy atom. The number of hydrogen-bond acceptors (Lipinski definition) is 11. The quantitative estimate of drug-likeness (QED) is 0.345. The van der Waals surface area contributed by atoms with Crippen LogP contribution < -0.4 is 15.4 Å². The number of aliphatic hydroxyl groups excluding tert-OH is 1. The van der Waals surface area contributed by atoms with E-state index in [9.17, 15) is 28.3 Å². The lowest BCUT2D eigenvalue weighted by molar-refractivity contribution is -0.122. The summed E-state index contributed by atoms with van der Waals surface area (Å²) in [7, 11) is -3.92. The van der Waals surface area contributed by atoms with Gasteiger partial charge in [-0.25, -0.2) is 13.1 Å². The third-order valence-corrected chi connectivity index (χ3v) is 9.90. The van der Waals surface area contributed by atoms with E-state index in [1.165, 1.54) is 26.0 Å². The molecule has 2 atom stereocenters. The van der Waals surface area contributed by atoms with Crippen molar-refractivity contribution in [1.29, 1.82) is 0 Å². The van der Waals surface area contributed by atoms with Crippen LogP contribution in [0.4, 0.5) is 5.00 Å². The Balaban J connectivity index is 1.55. The van der Waals surface area contributed by atoms with E-state index in [0.29, 0.717) is 41.6 Å². The number of hydroxylamine groups is 2. The average molecular weight is 609 g/mol. The van der Waals surface area contributed by atoms with Crippen LogP contribution in [0.5, 0.6) is 0 Å². The van der Waals surface area contributed by atoms with E-state index in [0.717, 1.165) is 16.6 Å². The molecule has 226 valence electrons. The van der Waals surface area contributed by atoms with Crippen LogP contribution in [-0.4, -0.2) is 76.1 Å². The van der Waals surface area contributed by atoms with Crippen LogP contribution in [0, 0.1) is 5.21 Å². The standard InChI is InChI=1S/C26H38N7O6S2/c1-14(34)27-21-9-16(10-22(23(21)36)28-15(2)35)29-30-24-19-11-18(7-8-20(19)31-40-24)41(38,39)32-17-12-25(3,4)33(37)26(5,6)13-17/h7-8,11,16-17,21-23,32,36H,9-10,12-13H2,1-6H3,(H,27,34)(H,28,35)/q-1. The molecule has 4 N–H and O–H groups in total. The first-order chi connectivity index (χ1) is 19.0. The zero-order chi connectivity index (χ0) is 30.3. The topological polar surface area (TPSA) is 189 Å². The zero-order valence-electron chi connectivity index (χ0n) is 24.0. The Labute approximate surface area is 244 Å². The first-order valence-electron chi connectivity index (χ1n) is 13.5. The summed E-state index contributed by atoms with van der Waals surface area (Å²) in [5.74, 6) is -0.621. The van der Waals surface area contributed by atoms with Gasteiger partial charge >= 0.3 is 0 Å². The summed E-state index contributed by atoms with van der Waals surface area (Å²) in [5.41, 5.74) is -0.885. The van der Waals surface area contributed by atoms with Gasteiger partial charge in [-0.2, -0.15) is 9.49 Å². The first-order valence-corrected chi connectivity index (χ1v) is 15.8. The molecule has 0 spiro atoms. The molecular formula is C26H38N7O6S2-. The van der Waals surface area contributed by atoms with Crippen LogP contribution in [-0.2, 0) is 19.6 Å². The maximum absolute atomic E-state index is 13.4. The summed E-state index contributed by atoms with van der Waals surface area (Å²) >= 11 is 1.07. The van der Waals surface area contributed by atoms with Crippen molar-refractivity contribution < 1.29 is 23.1 Å². The van der Waals surface area contributed by atoms with Crippen LogP contribution in [0.2, 0.25) is 0 Å². The lowest BCUT2D eigenvalue weighted by atomic mass is 9.79. The van der Waals surface area contributed by atoms with Crippen molar-refractivity contribution in [3.63, 3.8) is 0 Å². The third kappa shape index (κ3) is 7.09. The highest BCUT2D eigenvalue weighted by atomic mass is 32.2. The number of hydrogen-bond donors (Lipinski definition) is 4. The minimum absolute atomic E-state index is 0.0547. The number of piperidine rings is 1. The maximum Gasteiger partial charge on any atom is 0.240 e. The molecule has 2 aliphatic rings. The smallest absolute Gasteiger partial charge is 0.240 e. The number of fused-ring (bicyclic) bond motifs is 1. The summed E-state index contributed by atoms with van der Waals surface area (Å²) in [6, 6.07) is 2.54.